The monoisotopic (exact) mass is 356 g/mol. The second-order valence-corrected chi connectivity index (χ2v) is 6.73. The van der Waals surface area contributed by atoms with E-state index in [-0.39, 0.29) is 17.9 Å². The quantitative estimate of drug-likeness (QED) is 0.551. The molecule has 3 aromatic rings. The first-order valence-electron chi connectivity index (χ1n) is 7.52. The van der Waals surface area contributed by atoms with E-state index in [1.54, 1.807) is 12.1 Å². The number of hydrogen-bond donors (Lipinski definition) is 2. The lowest BCUT2D eigenvalue weighted by Crippen LogP contribution is -2.30. The Hall–Kier alpha value is -3.00. The van der Waals surface area contributed by atoms with Crippen LogP contribution in [0.5, 0.6) is 5.75 Å². The highest BCUT2D eigenvalue weighted by Crippen LogP contribution is 2.25. The molecule has 2 heterocycles. The minimum absolute atomic E-state index is 0.155. The molecule has 2 N–H and O–H groups in total. The maximum absolute atomic E-state index is 12.5. The Bertz CT molecular complexity index is 1020. The maximum Gasteiger partial charge on any atom is 0.262 e. The van der Waals surface area contributed by atoms with Crippen LogP contribution in [0.4, 0.5) is 0 Å². The van der Waals surface area contributed by atoms with E-state index >= 15 is 0 Å². The maximum atomic E-state index is 12.5. The SMILES string of the molecule is Cc1sc2ncn(CC(=O)NN=Cc3ccc(O)cc3)c(=O)c2c1C. The van der Waals surface area contributed by atoms with Crippen LogP contribution in [-0.4, -0.2) is 26.8 Å². The van der Waals surface area contributed by atoms with Gasteiger partial charge in [0.2, 0.25) is 0 Å². The van der Waals surface area contributed by atoms with Gasteiger partial charge in [-0.25, -0.2) is 10.4 Å². The molecule has 8 heteroatoms. The topological polar surface area (TPSA) is 96.6 Å². The largest absolute Gasteiger partial charge is 0.508 e. The molecular formula is C17H16N4O3S. The highest BCUT2D eigenvalue weighted by atomic mass is 32.1. The van der Waals surface area contributed by atoms with Crippen LogP contribution in [0.3, 0.4) is 0 Å². The molecular weight excluding hydrogens is 340 g/mol. The molecule has 0 aliphatic carbocycles. The van der Waals surface area contributed by atoms with Crippen molar-refractivity contribution in [1.82, 2.24) is 15.0 Å². The first-order chi connectivity index (χ1) is 12.0. The zero-order valence-corrected chi connectivity index (χ0v) is 14.5. The molecule has 3 rings (SSSR count). The lowest BCUT2D eigenvalue weighted by atomic mass is 10.2. The van der Waals surface area contributed by atoms with Gasteiger partial charge in [0.25, 0.3) is 11.5 Å². The van der Waals surface area contributed by atoms with Crippen molar-refractivity contribution in [3.63, 3.8) is 0 Å². The number of nitrogens with one attached hydrogen (secondary N) is 1. The summed E-state index contributed by atoms with van der Waals surface area (Å²) in [5.74, 6) is -0.273. The van der Waals surface area contributed by atoms with Gasteiger partial charge < -0.3 is 5.11 Å². The number of phenolic OH excluding ortho intramolecular Hbond substituents is 1. The lowest BCUT2D eigenvalue weighted by Gasteiger charge is -2.04. The molecule has 0 saturated carbocycles. The number of rotatable bonds is 4. The third kappa shape index (κ3) is 3.58. The molecule has 0 atom stereocenters. The molecule has 7 nitrogen and oxygen atoms in total. The van der Waals surface area contributed by atoms with E-state index in [9.17, 15) is 14.7 Å². The van der Waals surface area contributed by atoms with Crippen molar-refractivity contribution in [2.45, 2.75) is 20.4 Å². The third-order valence-corrected chi connectivity index (χ3v) is 4.88. The summed E-state index contributed by atoms with van der Waals surface area (Å²) in [7, 11) is 0. The molecule has 0 radical (unpaired) electrons. The van der Waals surface area contributed by atoms with Gasteiger partial charge in [0, 0.05) is 4.88 Å². The molecule has 2 aromatic heterocycles. The summed E-state index contributed by atoms with van der Waals surface area (Å²) in [5.41, 5.74) is 3.77. The van der Waals surface area contributed by atoms with Crippen molar-refractivity contribution in [2.75, 3.05) is 0 Å². The van der Waals surface area contributed by atoms with Crippen LogP contribution >= 0.6 is 11.3 Å². The van der Waals surface area contributed by atoms with Gasteiger partial charge in [-0.15, -0.1) is 11.3 Å². The van der Waals surface area contributed by atoms with Gasteiger partial charge >= 0.3 is 0 Å². The molecule has 0 fully saturated rings. The molecule has 1 amide bonds. The van der Waals surface area contributed by atoms with Crippen molar-refractivity contribution in [1.29, 1.82) is 0 Å². The van der Waals surface area contributed by atoms with Crippen molar-refractivity contribution in [3.8, 4) is 5.75 Å². The van der Waals surface area contributed by atoms with Crippen LogP contribution in [0.2, 0.25) is 0 Å². The summed E-state index contributed by atoms with van der Waals surface area (Å²) in [6.07, 6.45) is 2.83. The number of aryl methyl sites for hydroxylation is 2. The minimum atomic E-state index is -0.428. The Morgan fingerprint density at radius 3 is 2.80 bits per heavy atom. The molecule has 0 aliphatic rings. The summed E-state index contributed by atoms with van der Waals surface area (Å²) >= 11 is 1.47. The van der Waals surface area contributed by atoms with Crippen LogP contribution in [0, 0.1) is 13.8 Å². The molecule has 25 heavy (non-hydrogen) atoms. The fourth-order valence-corrected chi connectivity index (χ4v) is 3.30. The number of hydrazone groups is 1. The summed E-state index contributed by atoms with van der Waals surface area (Å²) in [4.78, 5) is 30.5. The first-order valence-corrected chi connectivity index (χ1v) is 8.33. The van der Waals surface area contributed by atoms with Crippen molar-refractivity contribution in [3.05, 3.63) is 57.0 Å². The third-order valence-electron chi connectivity index (χ3n) is 3.77. The molecule has 0 spiro atoms. The van der Waals surface area contributed by atoms with Crippen LogP contribution < -0.4 is 11.0 Å². The number of carbonyl (C=O) groups excluding carboxylic acids is 1. The minimum Gasteiger partial charge on any atom is -0.508 e. The van der Waals surface area contributed by atoms with E-state index in [0.717, 1.165) is 16.0 Å². The number of carbonyl (C=O) groups is 1. The van der Waals surface area contributed by atoms with Crippen LogP contribution in [0.15, 0.2) is 40.5 Å². The smallest absolute Gasteiger partial charge is 0.262 e. The standard InChI is InChI=1S/C17H16N4O3S/c1-10-11(2)25-16-15(10)17(24)21(9-18-16)8-14(23)20-19-7-12-3-5-13(22)6-4-12/h3-7,9,22H,8H2,1-2H3,(H,20,23). The van der Waals surface area contributed by atoms with Crippen molar-refractivity contribution >= 4 is 33.7 Å². The van der Waals surface area contributed by atoms with Crippen molar-refractivity contribution < 1.29 is 9.90 Å². The zero-order valence-electron chi connectivity index (χ0n) is 13.7. The van der Waals surface area contributed by atoms with Gasteiger partial charge in [0.15, 0.2) is 0 Å². The van der Waals surface area contributed by atoms with Crippen LogP contribution in [0.1, 0.15) is 16.0 Å². The Morgan fingerprint density at radius 1 is 1.36 bits per heavy atom. The van der Waals surface area contributed by atoms with Gasteiger partial charge in [0.05, 0.1) is 17.9 Å². The van der Waals surface area contributed by atoms with Gasteiger partial charge in [-0.2, -0.15) is 5.10 Å². The van der Waals surface area contributed by atoms with E-state index < -0.39 is 5.91 Å². The number of fused-ring (bicyclic) bond motifs is 1. The van der Waals surface area contributed by atoms with Crippen molar-refractivity contribution in [2.24, 2.45) is 5.10 Å². The van der Waals surface area contributed by atoms with Gasteiger partial charge in [-0.3, -0.25) is 14.2 Å². The van der Waals surface area contributed by atoms with E-state index in [0.29, 0.717) is 10.2 Å². The Labute approximate surface area is 147 Å². The predicted molar refractivity (Wildman–Crippen MR) is 97.2 cm³/mol. The normalized spacial score (nSPS) is 11.3. The Balaban J connectivity index is 1.71. The number of aromatic nitrogens is 2. The second kappa shape index (κ2) is 6.86. The molecule has 128 valence electrons. The number of amides is 1. The average molecular weight is 356 g/mol. The number of thiophene rings is 1. The lowest BCUT2D eigenvalue weighted by molar-refractivity contribution is -0.121. The molecule has 1 aromatic carbocycles. The second-order valence-electron chi connectivity index (χ2n) is 5.53. The highest BCUT2D eigenvalue weighted by Gasteiger charge is 2.13. The fraction of sp³-hybridized carbons (Fsp3) is 0.176. The fourth-order valence-electron chi connectivity index (χ4n) is 2.31. The molecule has 0 saturated heterocycles. The summed E-state index contributed by atoms with van der Waals surface area (Å²) in [6.45, 7) is 3.66. The average Bonchev–Trinajstić information content (AvgIpc) is 2.87. The van der Waals surface area contributed by atoms with Crippen LogP contribution in [-0.2, 0) is 11.3 Å². The van der Waals surface area contributed by atoms with Gasteiger partial charge in [-0.1, -0.05) is 0 Å². The number of nitrogens with zero attached hydrogens (tertiary/aromatic N) is 3. The molecule has 0 bridgehead atoms. The number of phenols is 1. The zero-order chi connectivity index (χ0) is 18.0. The first kappa shape index (κ1) is 16.8. The summed E-state index contributed by atoms with van der Waals surface area (Å²) in [6, 6.07) is 6.37. The Morgan fingerprint density at radius 2 is 2.08 bits per heavy atom. The predicted octanol–water partition coefficient (Wildman–Crippen LogP) is 1.93. The molecule has 0 unspecified atom stereocenters. The van der Waals surface area contributed by atoms with E-state index in [2.05, 4.69) is 15.5 Å². The van der Waals surface area contributed by atoms with E-state index in [1.807, 2.05) is 13.8 Å². The highest BCUT2D eigenvalue weighted by molar-refractivity contribution is 7.18. The van der Waals surface area contributed by atoms with Gasteiger partial charge in [0.1, 0.15) is 17.1 Å². The summed E-state index contributed by atoms with van der Waals surface area (Å²) < 4.78 is 1.27. The number of aromatic hydroxyl groups is 1. The number of hydrogen-bond acceptors (Lipinski definition) is 6. The van der Waals surface area contributed by atoms with Gasteiger partial charge in [-0.05, 0) is 49.2 Å². The molecule has 0 aliphatic heterocycles. The van der Waals surface area contributed by atoms with Crippen LogP contribution in [0.25, 0.3) is 10.2 Å². The summed E-state index contributed by atoms with van der Waals surface area (Å²) in [5, 5.41) is 13.6. The Kier molecular flexibility index (Phi) is 4.62. The van der Waals surface area contributed by atoms with E-state index in [1.165, 1.54) is 40.6 Å². The van der Waals surface area contributed by atoms with E-state index in [4.69, 9.17) is 0 Å². The number of benzene rings is 1.